The van der Waals surface area contributed by atoms with Crippen molar-refractivity contribution in [2.24, 2.45) is 0 Å². The van der Waals surface area contributed by atoms with Crippen molar-refractivity contribution in [3.63, 3.8) is 0 Å². The second-order valence-corrected chi connectivity index (χ2v) is 16.1. The standard InChI is InChI=1S/C46H90N2/c1-5-8-11-14-17-20-22-24-25-27-29-32-35-38-41-45(40-37-34-31-28-26-23-21-18-15-12-9-6-2)46-47-42-43-48(46)44(4)39-36-33-30-19-16-13-10-7-3/h42-45H,5-41H2,1-4H3/p+1. The van der Waals surface area contributed by atoms with Crippen LogP contribution in [-0.4, -0.2) is 4.98 Å². The number of hydrogen-bond acceptors (Lipinski definition) is 0. The van der Waals surface area contributed by atoms with E-state index in [1.807, 2.05) is 0 Å². The topological polar surface area (TPSA) is 19.7 Å². The number of imidazole rings is 1. The Morgan fingerprint density at radius 3 is 0.979 bits per heavy atom. The number of H-pyrrole nitrogens is 1. The van der Waals surface area contributed by atoms with Crippen molar-refractivity contribution in [3.8, 4) is 0 Å². The van der Waals surface area contributed by atoms with Gasteiger partial charge in [0.1, 0.15) is 12.4 Å². The molecule has 0 radical (unpaired) electrons. The second-order valence-electron chi connectivity index (χ2n) is 16.1. The van der Waals surface area contributed by atoms with Crippen LogP contribution in [0.5, 0.6) is 0 Å². The zero-order chi connectivity index (χ0) is 34.6. The van der Waals surface area contributed by atoms with E-state index in [2.05, 4.69) is 49.6 Å². The number of nitrogens with zero attached hydrogens (tertiary/aromatic N) is 1. The fraction of sp³-hybridized carbons (Fsp3) is 0.935. The maximum atomic E-state index is 3.77. The van der Waals surface area contributed by atoms with Crippen LogP contribution in [0.1, 0.15) is 283 Å². The van der Waals surface area contributed by atoms with E-state index in [0.29, 0.717) is 12.0 Å². The Bertz CT molecular complexity index is 738. The van der Waals surface area contributed by atoms with Crippen LogP contribution in [0.4, 0.5) is 0 Å². The third-order valence-electron chi connectivity index (χ3n) is 11.4. The highest BCUT2D eigenvalue weighted by Gasteiger charge is 2.25. The summed E-state index contributed by atoms with van der Waals surface area (Å²) < 4.78 is 2.65. The molecule has 0 saturated heterocycles. The molecule has 2 heteroatoms. The molecule has 0 fully saturated rings. The van der Waals surface area contributed by atoms with Crippen LogP contribution in [0.15, 0.2) is 12.4 Å². The maximum Gasteiger partial charge on any atom is 0.257 e. The first-order valence-corrected chi connectivity index (χ1v) is 22.8. The van der Waals surface area contributed by atoms with Crippen LogP contribution < -0.4 is 4.57 Å². The number of unbranched alkanes of at least 4 members (excludes halogenated alkanes) is 31. The maximum absolute atomic E-state index is 3.77. The van der Waals surface area contributed by atoms with E-state index in [1.165, 1.54) is 238 Å². The predicted molar refractivity (Wildman–Crippen MR) is 216 cm³/mol. The Balaban J connectivity index is 2.38. The van der Waals surface area contributed by atoms with Crippen molar-refractivity contribution in [1.82, 2.24) is 4.98 Å². The molecular weight excluding hydrogens is 581 g/mol. The number of rotatable bonds is 39. The van der Waals surface area contributed by atoms with Gasteiger partial charge in [-0.15, -0.1) is 0 Å². The van der Waals surface area contributed by atoms with Gasteiger partial charge in [-0.3, -0.25) is 0 Å². The summed E-state index contributed by atoms with van der Waals surface area (Å²) in [7, 11) is 0. The number of nitrogens with one attached hydrogen (secondary N) is 1. The molecule has 0 aliphatic rings. The molecule has 2 atom stereocenters. The van der Waals surface area contributed by atoms with Crippen LogP contribution in [0.3, 0.4) is 0 Å². The molecule has 0 aromatic carbocycles. The summed E-state index contributed by atoms with van der Waals surface area (Å²) >= 11 is 0. The van der Waals surface area contributed by atoms with E-state index in [9.17, 15) is 0 Å². The molecular formula is C46H91N2+. The van der Waals surface area contributed by atoms with Crippen molar-refractivity contribution in [3.05, 3.63) is 18.2 Å². The Kier molecular flexibility index (Phi) is 33.9. The average Bonchev–Trinajstić information content (AvgIpc) is 3.59. The van der Waals surface area contributed by atoms with Crippen molar-refractivity contribution in [2.75, 3.05) is 0 Å². The van der Waals surface area contributed by atoms with Gasteiger partial charge in [0.25, 0.3) is 5.82 Å². The van der Waals surface area contributed by atoms with Crippen molar-refractivity contribution >= 4 is 0 Å². The van der Waals surface area contributed by atoms with Crippen LogP contribution >= 0.6 is 0 Å². The molecule has 0 aliphatic carbocycles. The first-order valence-electron chi connectivity index (χ1n) is 22.8. The predicted octanol–water partition coefficient (Wildman–Crippen LogP) is 16.4. The minimum atomic E-state index is 0.618. The molecule has 284 valence electrons. The van der Waals surface area contributed by atoms with Gasteiger partial charge in [-0.25, -0.2) is 9.55 Å². The van der Waals surface area contributed by atoms with Crippen LogP contribution in [-0.2, 0) is 0 Å². The van der Waals surface area contributed by atoms with Gasteiger partial charge < -0.3 is 0 Å². The molecule has 1 heterocycles. The van der Waals surface area contributed by atoms with E-state index in [1.54, 1.807) is 5.82 Å². The third-order valence-corrected chi connectivity index (χ3v) is 11.4. The highest BCUT2D eigenvalue weighted by atomic mass is 15.1. The van der Waals surface area contributed by atoms with Crippen LogP contribution in [0.2, 0.25) is 0 Å². The van der Waals surface area contributed by atoms with Crippen molar-refractivity contribution in [2.45, 2.75) is 277 Å². The molecule has 1 aromatic rings. The minimum Gasteiger partial charge on any atom is -0.247 e. The van der Waals surface area contributed by atoms with Gasteiger partial charge in [-0.1, -0.05) is 233 Å². The van der Waals surface area contributed by atoms with Gasteiger partial charge in [0.15, 0.2) is 0 Å². The van der Waals surface area contributed by atoms with Gasteiger partial charge in [0.2, 0.25) is 0 Å². The zero-order valence-corrected chi connectivity index (χ0v) is 33.9. The molecule has 1 aromatic heterocycles. The lowest BCUT2D eigenvalue weighted by molar-refractivity contribution is -0.727. The number of aromatic nitrogens is 2. The molecule has 2 unspecified atom stereocenters. The third kappa shape index (κ3) is 27.0. The molecule has 0 bridgehead atoms. The summed E-state index contributed by atoms with van der Waals surface area (Å²) in [5.74, 6) is 2.25. The molecule has 0 aliphatic heterocycles. The number of hydrogen-bond donors (Lipinski definition) is 1. The van der Waals surface area contributed by atoms with E-state index < -0.39 is 0 Å². The first-order chi connectivity index (χ1) is 23.7. The Labute approximate surface area is 304 Å². The minimum absolute atomic E-state index is 0.618. The summed E-state index contributed by atoms with van der Waals surface area (Å²) in [4.78, 5) is 3.77. The lowest BCUT2D eigenvalue weighted by Crippen LogP contribution is -2.41. The van der Waals surface area contributed by atoms with Crippen molar-refractivity contribution < 1.29 is 4.57 Å². The highest BCUT2D eigenvalue weighted by Crippen LogP contribution is 2.27. The highest BCUT2D eigenvalue weighted by molar-refractivity contribution is 4.90. The molecule has 0 spiro atoms. The Hall–Kier alpha value is -0.790. The fourth-order valence-corrected chi connectivity index (χ4v) is 8.02. The lowest BCUT2D eigenvalue weighted by atomic mass is 9.92. The Morgan fingerprint density at radius 2 is 0.667 bits per heavy atom. The van der Waals surface area contributed by atoms with Crippen LogP contribution in [0, 0.1) is 0 Å². The normalized spacial score (nSPS) is 13.0. The summed E-state index contributed by atoms with van der Waals surface area (Å²) in [6.07, 6.45) is 57.6. The van der Waals surface area contributed by atoms with E-state index in [4.69, 9.17) is 0 Å². The smallest absolute Gasteiger partial charge is 0.247 e. The van der Waals surface area contributed by atoms with E-state index in [-0.39, 0.29) is 0 Å². The summed E-state index contributed by atoms with van der Waals surface area (Å²) in [5, 5.41) is 0. The van der Waals surface area contributed by atoms with Crippen LogP contribution in [0.25, 0.3) is 0 Å². The fourth-order valence-electron chi connectivity index (χ4n) is 8.02. The zero-order valence-electron chi connectivity index (χ0n) is 33.9. The number of aromatic amines is 1. The Morgan fingerprint density at radius 1 is 0.396 bits per heavy atom. The SMILES string of the molecule is CCCCCCCCCCCCCCCCC(CCCCCCCCCCCCCC)c1[nH]cc[n+]1C(C)CCCCCCCCCC. The second kappa shape index (κ2) is 36.0. The van der Waals surface area contributed by atoms with Crippen molar-refractivity contribution in [1.29, 1.82) is 0 Å². The monoisotopic (exact) mass is 672 g/mol. The van der Waals surface area contributed by atoms with Gasteiger partial charge in [-0.2, -0.15) is 0 Å². The van der Waals surface area contributed by atoms with Gasteiger partial charge >= 0.3 is 0 Å². The first kappa shape index (κ1) is 45.2. The summed E-state index contributed by atoms with van der Waals surface area (Å²) in [5.41, 5.74) is 0. The van der Waals surface area contributed by atoms with E-state index >= 15 is 0 Å². The molecule has 1 rings (SSSR count). The van der Waals surface area contributed by atoms with Gasteiger partial charge in [0.05, 0.1) is 12.0 Å². The summed E-state index contributed by atoms with van der Waals surface area (Å²) in [6, 6.07) is 0.618. The molecule has 1 N–H and O–H groups in total. The molecule has 2 nitrogen and oxygen atoms in total. The average molecular weight is 672 g/mol. The quantitative estimate of drug-likeness (QED) is 0.0531. The summed E-state index contributed by atoms with van der Waals surface area (Å²) in [6.45, 7) is 9.43. The lowest BCUT2D eigenvalue weighted by Gasteiger charge is -2.17. The molecule has 48 heavy (non-hydrogen) atoms. The van der Waals surface area contributed by atoms with Gasteiger partial charge in [0, 0.05) is 0 Å². The molecule has 0 saturated carbocycles. The molecule has 0 amide bonds. The van der Waals surface area contributed by atoms with E-state index in [0.717, 1.165) is 0 Å². The largest absolute Gasteiger partial charge is 0.257 e. The van der Waals surface area contributed by atoms with Gasteiger partial charge in [-0.05, 0) is 32.6 Å².